The van der Waals surface area contributed by atoms with Crippen LogP contribution in [0.1, 0.15) is 17.2 Å². The first-order valence-corrected chi connectivity index (χ1v) is 9.94. The van der Waals surface area contributed by atoms with Crippen molar-refractivity contribution in [3.05, 3.63) is 111 Å². The van der Waals surface area contributed by atoms with Gasteiger partial charge in [-0.05, 0) is 17.7 Å². The Kier molecular flexibility index (Phi) is 7.52. The largest absolute Gasteiger partial charge is 0.443 e. The second-order valence-corrected chi connectivity index (χ2v) is 7.09. The number of nitrogens with one attached hydrogen (secondary N) is 1. The van der Waals surface area contributed by atoms with Crippen LogP contribution in [0.4, 0.5) is 11.4 Å². The fraction of sp³-hybridized carbons (Fsp3) is 0.0417. The van der Waals surface area contributed by atoms with Crippen molar-refractivity contribution < 1.29 is 19.2 Å². The molecular formula is C24H16ClN3O5. The van der Waals surface area contributed by atoms with Gasteiger partial charge in [0.2, 0.25) is 6.10 Å². The second kappa shape index (κ2) is 10.7. The van der Waals surface area contributed by atoms with Gasteiger partial charge < -0.3 is 10.1 Å². The molecule has 1 amide bonds. The monoisotopic (exact) mass is 461 g/mol. The molecule has 1 unspecified atom stereocenters. The third-order valence-corrected chi connectivity index (χ3v) is 4.75. The molecule has 0 aromatic heterocycles. The van der Waals surface area contributed by atoms with Gasteiger partial charge in [-0.25, -0.2) is 4.79 Å². The van der Waals surface area contributed by atoms with Crippen LogP contribution in [0.3, 0.4) is 0 Å². The smallest absolute Gasteiger partial charge is 0.350 e. The highest BCUT2D eigenvalue weighted by Crippen LogP contribution is 2.29. The Bertz CT molecular complexity index is 1250. The fourth-order valence-electron chi connectivity index (χ4n) is 2.84. The minimum atomic E-state index is -1.41. The molecule has 0 aliphatic carbocycles. The highest BCUT2D eigenvalue weighted by Gasteiger charge is 2.27. The molecule has 1 atom stereocenters. The van der Waals surface area contributed by atoms with E-state index in [0.717, 1.165) is 6.07 Å². The molecule has 0 fully saturated rings. The summed E-state index contributed by atoms with van der Waals surface area (Å²) in [7, 11) is 0. The summed E-state index contributed by atoms with van der Waals surface area (Å²) in [4.78, 5) is 36.0. The van der Waals surface area contributed by atoms with Crippen LogP contribution in [0, 0.1) is 21.4 Å². The quantitative estimate of drug-likeness (QED) is 0.172. The van der Waals surface area contributed by atoms with Gasteiger partial charge in [0.15, 0.2) is 0 Å². The number of benzene rings is 3. The Hall–Kier alpha value is -4.48. The third-order valence-electron chi connectivity index (χ3n) is 4.44. The van der Waals surface area contributed by atoms with Gasteiger partial charge in [-0.1, -0.05) is 72.3 Å². The van der Waals surface area contributed by atoms with E-state index >= 15 is 0 Å². The maximum absolute atomic E-state index is 13.0. The number of hydrogen-bond acceptors (Lipinski definition) is 6. The molecule has 3 aromatic carbocycles. The highest BCUT2D eigenvalue weighted by molar-refractivity contribution is 6.34. The van der Waals surface area contributed by atoms with Crippen molar-refractivity contribution in [3.8, 4) is 6.07 Å². The Morgan fingerprint density at radius 3 is 2.27 bits per heavy atom. The first kappa shape index (κ1) is 23.2. The van der Waals surface area contributed by atoms with Crippen LogP contribution in [0.25, 0.3) is 6.08 Å². The number of ether oxygens (including phenoxy) is 1. The van der Waals surface area contributed by atoms with Gasteiger partial charge in [0.1, 0.15) is 11.6 Å². The van der Waals surface area contributed by atoms with Crippen LogP contribution in [0.15, 0.2) is 84.4 Å². The molecule has 0 radical (unpaired) electrons. The molecule has 33 heavy (non-hydrogen) atoms. The number of halogens is 1. The molecular weight excluding hydrogens is 446 g/mol. The molecule has 0 aliphatic heterocycles. The number of rotatable bonds is 7. The van der Waals surface area contributed by atoms with Crippen LogP contribution >= 0.6 is 11.6 Å². The van der Waals surface area contributed by atoms with Gasteiger partial charge in [0.05, 0.1) is 15.6 Å². The standard InChI is InChI=1S/C24H16ClN3O5/c25-20-14-19(28(31)32)11-12-21(20)27-23(29)22(17-9-5-2-6-10-17)33-24(30)18(15-26)13-16-7-3-1-4-8-16/h1-14,22H,(H,27,29)/b18-13-. The topological polar surface area (TPSA) is 122 Å². The van der Waals surface area contributed by atoms with Crippen LogP contribution in [-0.2, 0) is 14.3 Å². The minimum Gasteiger partial charge on any atom is -0.443 e. The lowest BCUT2D eigenvalue weighted by Gasteiger charge is -2.18. The predicted octanol–water partition coefficient (Wildman–Crippen LogP) is 5.08. The fourth-order valence-corrected chi connectivity index (χ4v) is 3.06. The molecule has 0 saturated carbocycles. The molecule has 0 bridgehead atoms. The van der Waals surface area contributed by atoms with E-state index in [-0.39, 0.29) is 22.0 Å². The van der Waals surface area contributed by atoms with E-state index in [4.69, 9.17) is 16.3 Å². The van der Waals surface area contributed by atoms with Gasteiger partial charge in [-0.2, -0.15) is 5.26 Å². The zero-order valence-corrected chi connectivity index (χ0v) is 17.7. The van der Waals surface area contributed by atoms with Crippen molar-refractivity contribution >= 4 is 40.9 Å². The number of anilines is 1. The van der Waals surface area contributed by atoms with E-state index in [2.05, 4.69) is 5.32 Å². The minimum absolute atomic E-state index is 0.0580. The molecule has 164 valence electrons. The molecule has 8 nitrogen and oxygen atoms in total. The SMILES string of the molecule is N#C/C(=C/c1ccccc1)C(=O)OC(C(=O)Nc1ccc([N+](=O)[O-])cc1Cl)c1ccccc1. The van der Waals surface area contributed by atoms with Crippen LogP contribution in [-0.4, -0.2) is 16.8 Å². The van der Waals surface area contributed by atoms with Gasteiger partial charge in [-0.15, -0.1) is 0 Å². The number of carbonyl (C=O) groups is 2. The molecule has 0 heterocycles. The maximum atomic E-state index is 13.0. The van der Waals surface area contributed by atoms with Crippen LogP contribution in [0.2, 0.25) is 5.02 Å². The van der Waals surface area contributed by atoms with Crippen molar-refractivity contribution in [2.24, 2.45) is 0 Å². The average molecular weight is 462 g/mol. The summed E-state index contributed by atoms with van der Waals surface area (Å²) in [5.74, 6) is -1.73. The summed E-state index contributed by atoms with van der Waals surface area (Å²) in [6, 6.07) is 22.3. The number of nitro benzene ring substituents is 1. The molecule has 3 rings (SSSR count). The number of non-ortho nitro benzene ring substituents is 1. The number of hydrogen-bond donors (Lipinski definition) is 1. The van der Waals surface area contributed by atoms with Crippen molar-refractivity contribution in [3.63, 3.8) is 0 Å². The Morgan fingerprint density at radius 2 is 1.70 bits per heavy atom. The number of carbonyl (C=O) groups excluding carboxylic acids is 2. The summed E-state index contributed by atoms with van der Waals surface area (Å²) in [5, 5.41) is 22.8. The van der Waals surface area contributed by atoms with Crippen molar-refractivity contribution in [1.82, 2.24) is 0 Å². The van der Waals surface area contributed by atoms with Gasteiger partial charge in [-0.3, -0.25) is 14.9 Å². The molecule has 0 aliphatic rings. The summed E-state index contributed by atoms with van der Waals surface area (Å²) in [5.41, 5.74) is 0.546. The van der Waals surface area contributed by atoms with Crippen LogP contribution in [0.5, 0.6) is 0 Å². The number of nitrogens with zero attached hydrogens (tertiary/aromatic N) is 2. The second-order valence-electron chi connectivity index (χ2n) is 6.69. The Labute approximate surface area is 193 Å². The summed E-state index contributed by atoms with van der Waals surface area (Å²) in [6.45, 7) is 0. The van der Waals surface area contributed by atoms with Crippen molar-refractivity contribution in [2.45, 2.75) is 6.10 Å². The predicted molar refractivity (Wildman–Crippen MR) is 122 cm³/mol. The molecule has 9 heteroatoms. The number of amides is 1. The average Bonchev–Trinajstić information content (AvgIpc) is 2.83. The van der Waals surface area contributed by atoms with Crippen molar-refractivity contribution in [2.75, 3.05) is 5.32 Å². The Balaban J connectivity index is 1.87. The summed E-state index contributed by atoms with van der Waals surface area (Å²) in [6.07, 6.45) is -0.0485. The molecule has 3 aromatic rings. The lowest BCUT2D eigenvalue weighted by atomic mass is 10.1. The first-order chi connectivity index (χ1) is 15.9. The molecule has 1 N–H and O–H groups in total. The molecule has 0 saturated heterocycles. The highest BCUT2D eigenvalue weighted by atomic mass is 35.5. The maximum Gasteiger partial charge on any atom is 0.350 e. The number of esters is 1. The Morgan fingerprint density at radius 1 is 1.06 bits per heavy atom. The number of nitro groups is 1. The third kappa shape index (κ3) is 6.03. The zero-order chi connectivity index (χ0) is 23.8. The van der Waals surface area contributed by atoms with E-state index < -0.39 is 22.9 Å². The van der Waals surface area contributed by atoms with Crippen LogP contribution < -0.4 is 5.32 Å². The van der Waals surface area contributed by atoms with Gasteiger partial charge >= 0.3 is 5.97 Å². The number of nitriles is 1. The van der Waals surface area contributed by atoms with E-state index in [0.29, 0.717) is 11.1 Å². The van der Waals surface area contributed by atoms with E-state index in [1.807, 2.05) is 0 Å². The summed E-state index contributed by atoms with van der Waals surface area (Å²) < 4.78 is 5.40. The lowest BCUT2D eigenvalue weighted by Crippen LogP contribution is -2.26. The lowest BCUT2D eigenvalue weighted by molar-refractivity contribution is -0.384. The van der Waals surface area contributed by atoms with Gasteiger partial charge in [0.25, 0.3) is 11.6 Å². The van der Waals surface area contributed by atoms with E-state index in [1.165, 1.54) is 18.2 Å². The summed E-state index contributed by atoms with van der Waals surface area (Å²) >= 11 is 6.06. The van der Waals surface area contributed by atoms with E-state index in [9.17, 15) is 25.0 Å². The first-order valence-electron chi connectivity index (χ1n) is 9.56. The molecule has 0 spiro atoms. The van der Waals surface area contributed by atoms with E-state index in [1.54, 1.807) is 66.7 Å². The zero-order valence-electron chi connectivity index (χ0n) is 17.0. The normalized spacial score (nSPS) is 11.7. The van der Waals surface area contributed by atoms with Crippen molar-refractivity contribution in [1.29, 1.82) is 5.26 Å². The van der Waals surface area contributed by atoms with Gasteiger partial charge in [0, 0.05) is 17.7 Å².